The van der Waals surface area contributed by atoms with Crippen molar-refractivity contribution < 1.29 is 22.8 Å². The second kappa shape index (κ2) is 6.66. The molecule has 2 aromatic carbocycles. The Balaban J connectivity index is 2.17. The monoisotopic (exact) mass is 337 g/mol. The maximum atomic E-state index is 11.4. The molecule has 7 nitrogen and oxygen atoms in total. The van der Waals surface area contributed by atoms with Crippen LogP contribution in [0.4, 0.5) is 5.69 Å². The summed E-state index contributed by atoms with van der Waals surface area (Å²) in [6.45, 7) is 0.0586. The van der Waals surface area contributed by atoms with Crippen LogP contribution in [0.5, 0.6) is 11.5 Å². The normalized spacial score (nSPS) is 11.0. The van der Waals surface area contributed by atoms with Crippen molar-refractivity contribution in [2.45, 2.75) is 11.5 Å². The van der Waals surface area contributed by atoms with Crippen LogP contribution in [0.1, 0.15) is 5.56 Å². The number of hydrogen-bond donors (Lipinski definition) is 0. The summed E-state index contributed by atoms with van der Waals surface area (Å²) in [6, 6.07) is 10.2. The first kappa shape index (κ1) is 16.8. The first-order valence-corrected chi connectivity index (χ1v) is 8.44. The molecule has 0 fully saturated rings. The van der Waals surface area contributed by atoms with Gasteiger partial charge in [-0.25, -0.2) is 8.42 Å². The fourth-order valence-corrected chi connectivity index (χ4v) is 2.57. The minimum Gasteiger partial charge on any atom is -0.496 e. The highest BCUT2D eigenvalue weighted by Gasteiger charge is 2.12. The quantitative estimate of drug-likeness (QED) is 0.594. The molecule has 122 valence electrons. The Kier molecular flexibility index (Phi) is 4.85. The summed E-state index contributed by atoms with van der Waals surface area (Å²) in [4.78, 5) is 10.5. The molecule has 2 aromatic rings. The summed E-state index contributed by atoms with van der Waals surface area (Å²) in [5.41, 5.74) is 0.464. The minimum atomic E-state index is -3.26. The Hall–Kier alpha value is -2.61. The lowest BCUT2D eigenvalue weighted by molar-refractivity contribution is -0.385. The molecule has 0 aliphatic rings. The molecule has 0 radical (unpaired) electrons. The summed E-state index contributed by atoms with van der Waals surface area (Å²) in [5, 5.41) is 10.8. The number of nitro groups is 1. The van der Waals surface area contributed by atoms with Crippen LogP contribution in [0.25, 0.3) is 0 Å². The number of sulfone groups is 1. The zero-order valence-corrected chi connectivity index (χ0v) is 13.4. The van der Waals surface area contributed by atoms with Gasteiger partial charge >= 0.3 is 0 Å². The molecule has 0 saturated heterocycles. The maximum absolute atomic E-state index is 11.4. The van der Waals surface area contributed by atoms with Crippen LogP contribution in [-0.4, -0.2) is 26.7 Å². The number of nitro benzene ring substituents is 1. The van der Waals surface area contributed by atoms with Crippen molar-refractivity contribution in [3.8, 4) is 11.5 Å². The lowest BCUT2D eigenvalue weighted by atomic mass is 10.2. The third kappa shape index (κ3) is 4.19. The third-order valence-electron chi connectivity index (χ3n) is 3.12. The SMILES string of the molecule is COc1ccc([N+](=O)[O-])cc1COc1ccc(S(C)(=O)=O)cc1. The molecule has 0 unspecified atom stereocenters. The first-order valence-electron chi connectivity index (χ1n) is 6.55. The molecule has 23 heavy (non-hydrogen) atoms. The summed E-state index contributed by atoms with van der Waals surface area (Å²) < 4.78 is 33.5. The van der Waals surface area contributed by atoms with E-state index in [-0.39, 0.29) is 17.2 Å². The molecule has 0 heterocycles. The van der Waals surface area contributed by atoms with Gasteiger partial charge in [0, 0.05) is 24.0 Å². The Morgan fingerprint density at radius 2 is 1.78 bits per heavy atom. The van der Waals surface area contributed by atoms with E-state index < -0.39 is 14.8 Å². The molecular formula is C15H15NO6S. The van der Waals surface area contributed by atoms with Crippen LogP contribution < -0.4 is 9.47 Å². The van der Waals surface area contributed by atoms with Crippen molar-refractivity contribution in [1.82, 2.24) is 0 Å². The van der Waals surface area contributed by atoms with Gasteiger partial charge < -0.3 is 9.47 Å². The molecule has 0 aliphatic carbocycles. The number of ether oxygens (including phenoxy) is 2. The summed E-state index contributed by atoms with van der Waals surface area (Å²) in [7, 11) is -1.80. The summed E-state index contributed by atoms with van der Waals surface area (Å²) in [6.07, 6.45) is 1.12. The maximum Gasteiger partial charge on any atom is 0.270 e. The van der Waals surface area contributed by atoms with Crippen LogP contribution in [0.3, 0.4) is 0 Å². The van der Waals surface area contributed by atoms with Crippen molar-refractivity contribution in [1.29, 1.82) is 0 Å². The lowest BCUT2D eigenvalue weighted by Gasteiger charge is -2.10. The minimum absolute atomic E-state index is 0.0585. The van der Waals surface area contributed by atoms with Gasteiger partial charge in [-0.15, -0.1) is 0 Å². The number of nitrogens with zero attached hydrogens (tertiary/aromatic N) is 1. The van der Waals surface area contributed by atoms with Gasteiger partial charge in [0.2, 0.25) is 0 Å². The van der Waals surface area contributed by atoms with E-state index >= 15 is 0 Å². The van der Waals surface area contributed by atoms with Crippen molar-refractivity contribution in [2.24, 2.45) is 0 Å². The van der Waals surface area contributed by atoms with E-state index in [9.17, 15) is 18.5 Å². The Morgan fingerprint density at radius 1 is 1.13 bits per heavy atom. The van der Waals surface area contributed by atoms with Gasteiger partial charge in [0.15, 0.2) is 9.84 Å². The van der Waals surface area contributed by atoms with E-state index in [2.05, 4.69) is 0 Å². The molecule has 0 atom stereocenters. The summed E-state index contributed by atoms with van der Waals surface area (Å²) in [5.74, 6) is 0.925. The second-order valence-corrected chi connectivity index (χ2v) is 6.80. The summed E-state index contributed by atoms with van der Waals surface area (Å²) >= 11 is 0. The van der Waals surface area contributed by atoms with E-state index in [1.165, 1.54) is 49.6 Å². The zero-order chi connectivity index (χ0) is 17.0. The molecule has 0 N–H and O–H groups in total. The van der Waals surface area contributed by atoms with Crippen LogP contribution in [0.2, 0.25) is 0 Å². The van der Waals surface area contributed by atoms with E-state index in [4.69, 9.17) is 9.47 Å². The number of methoxy groups -OCH3 is 1. The fraction of sp³-hybridized carbons (Fsp3) is 0.200. The molecule has 0 amide bonds. The predicted octanol–water partition coefficient (Wildman–Crippen LogP) is 2.59. The van der Waals surface area contributed by atoms with Gasteiger partial charge in [-0.1, -0.05) is 0 Å². The van der Waals surface area contributed by atoms with E-state index in [1.807, 2.05) is 0 Å². The fourth-order valence-electron chi connectivity index (χ4n) is 1.94. The number of benzene rings is 2. The van der Waals surface area contributed by atoms with E-state index in [1.54, 1.807) is 0 Å². The molecule has 2 rings (SSSR count). The Labute approximate surface area is 133 Å². The van der Waals surface area contributed by atoms with Crippen molar-refractivity contribution >= 4 is 15.5 Å². The molecule has 0 saturated carbocycles. The van der Waals surface area contributed by atoms with Crippen molar-refractivity contribution in [3.63, 3.8) is 0 Å². The second-order valence-electron chi connectivity index (χ2n) is 4.79. The number of rotatable bonds is 6. The topological polar surface area (TPSA) is 95.7 Å². The standard InChI is InChI=1S/C15H15NO6S/c1-21-15-8-3-12(16(17)18)9-11(15)10-22-13-4-6-14(7-5-13)23(2,19)20/h3-9H,10H2,1-2H3. The molecule has 0 bridgehead atoms. The predicted molar refractivity (Wildman–Crippen MR) is 83.5 cm³/mol. The average Bonchev–Trinajstić information content (AvgIpc) is 2.52. The van der Waals surface area contributed by atoms with Crippen molar-refractivity contribution in [2.75, 3.05) is 13.4 Å². The van der Waals surface area contributed by atoms with Gasteiger partial charge in [-0.2, -0.15) is 0 Å². The molecule has 0 spiro atoms. The Morgan fingerprint density at radius 3 is 2.30 bits per heavy atom. The third-order valence-corrected chi connectivity index (χ3v) is 4.25. The first-order chi connectivity index (χ1) is 10.8. The highest BCUT2D eigenvalue weighted by molar-refractivity contribution is 7.90. The van der Waals surface area contributed by atoms with Crippen LogP contribution in [0.15, 0.2) is 47.4 Å². The van der Waals surface area contributed by atoms with Crippen LogP contribution in [0, 0.1) is 10.1 Å². The number of hydrogen-bond acceptors (Lipinski definition) is 6. The molecular weight excluding hydrogens is 322 g/mol. The molecule has 0 aliphatic heterocycles. The molecule has 0 aromatic heterocycles. The van der Waals surface area contributed by atoms with Gasteiger partial charge in [-0.05, 0) is 30.3 Å². The molecule has 8 heteroatoms. The zero-order valence-electron chi connectivity index (χ0n) is 12.6. The Bertz CT molecular complexity index is 814. The van der Waals surface area contributed by atoms with Crippen LogP contribution in [-0.2, 0) is 16.4 Å². The van der Waals surface area contributed by atoms with Crippen molar-refractivity contribution in [3.05, 3.63) is 58.1 Å². The van der Waals surface area contributed by atoms with E-state index in [0.717, 1.165) is 6.26 Å². The highest BCUT2D eigenvalue weighted by atomic mass is 32.2. The van der Waals surface area contributed by atoms with Gasteiger partial charge in [0.25, 0.3) is 5.69 Å². The highest BCUT2D eigenvalue weighted by Crippen LogP contribution is 2.25. The van der Waals surface area contributed by atoms with Crippen LogP contribution >= 0.6 is 0 Å². The van der Waals surface area contributed by atoms with Gasteiger partial charge in [-0.3, -0.25) is 10.1 Å². The number of non-ortho nitro benzene ring substituents is 1. The largest absolute Gasteiger partial charge is 0.496 e. The smallest absolute Gasteiger partial charge is 0.270 e. The van der Waals surface area contributed by atoms with E-state index in [0.29, 0.717) is 17.1 Å². The van der Waals surface area contributed by atoms with Gasteiger partial charge in [0.05, 0.1) is 16.9 Å². The van der Waals surface area contributed by atoms with Gasteiger partial charge in [0.1, 0.15) is 18.1 Å². The lowest BCUT2D eigenvalue weighted by Crippen LogP contribution is -2.01. The average molecular weight is 337 g/mol.